The van der Waals surface area contributed by atoms with Crippen LogP contribution < -0.4 is 15.2 Å². The van der Waals surface area contributed by atoms with Gasteiger partial charge in [-0.1, -0.05) is 41.6 Å². The van der Waals surface area contributed by atoms with Gasteiger partial charge in [-0.2, -0.15) is 0 Å². The van der Waals surface area contributed by atoms with Gasteiger partial charge in [0.25, 0.3) is 0 Å². The molecule has 0 fully saturated rings. The summed E-state index contributed by atoms with van der Waals surface area (Å²) in [6.45, 7) is 0.404. The molecule has 4 rings (SSSR count). The Hall–Kier alpha value is -5.88. The Morgan fingerprint density at radius 3 is 1.50 bits per heavy atom. The van der Waals surface area contributed by atoms with Crippen molar-refractivity contribution in [2.45, 2.75) is 13.2 Å². The van der Waals surface area contributed by atoms with E-state index in [9.17, 15) is 24.6 Å². The lowest BCUT2D eigenvalue weighted by atomic mass is 10.1. The normalized spacial score (nSPS) is 9.98. The number of phenolic OH excluding ortho intramolecular Hbond substituents is 2. The van der Waals surface area contributed by atoms with Gasteiger partial charge in [-0.3, -0.25) is 4.79 Å². The third-order valence-corrected chi connectivity index (χ3v) is 5.68. The second-order valence-electron chi connectivity index (χ2n) is 8.49. The summed E-state index contributed by atoms with van der Waals surface area (Å²) in [5.41, 5.74) is 6.98. The molecule has 0 saturated heterocycles. The van der Waals surface area contributed by atoms with Gasteiger partial charge in [0.15, 0.2) is 6.29 Å². The summed E-state index contributed by atoms with van der Waals surface area (Å²) < 4.78 is 11.1. The van der Waals surface area contributed by atoms with E-state index in [1.807, 2.05) is 0 Å². The fourth-order valence-corrected chi connectivity index (χ4v) is 3.48. The number of nitrogens with two attached hydrogens (primary N) is 1. The fourth-order valence-electron chi connectivity index (χ4n) is 3.48. The minimum atomic E-state index is -0.992. The second kappa shape index (κ2) is 17.8. The number of carbonyl (C=O) groups excluding carboxylic acids is 1. The predicted molar refractivity (Wildman–Crippen MR) is 162 cm³/mol. The van der Waals surface area contributed by atoms with Crippen LogP contribution in [-0.2, 0) is 18.1 Å². The average Bonchev–Trinajstić information content (AvgIpc) is 3.04. The fraction of sp³-hybridized carbons (Fsp3) is 0.125. The smallest absolute Gasteiger partial charge is 0.335 e. The van der Waals surface area contributed by atoms with Crippen LogP contribution in [0.2, 0.25) is 0 Å². The summed E-state index contributed by atoms with van der Waals surface area (Å²) in [5, 5.41) is 40.6. The third kappa shape index (κ3) is 10.2. The number of aromatic carboxylic acids is 2. The zero-order valence-electron chi connectivity index (χ0n) is 23.9. The summed E-state index contributed by atoms with van der Waals surface area (Å²) in [6, 6.07) is 22.0. The van der Waals surface area contributed by atoms with E-state index in [0.717, 1.165) is 11.1 Å². The highest BCUT2D eigenvalue weighted by Gasteiger charge is 2.10. The first-order chi connectivity index (χ1) is 21.2. The van der Waals surface area contributed by atoms with Gasteiger partial charge in [0.2, 0.25) is 0 Å². The monoisotopic (exact) mass is 604 g/mol. The minimum absolute atomic E-state index is 0.0273. The number of aldehydes is 1. The molecule has 0 aliphatic carbocycles. The molecule has 4 aromatic rings. The van der Waals surface area contributed by atoms with Gasteiger partial charge in [0.05, 0.1) is 28.5 Å². The van der Waals surface area contributed by atoms with Crippen LogP contribution in [0.3, 0.4) is 0 Å². The summed E-state index contributed by atoms with van der Waals surface area (Å²) in [7, 11) is 2.90. The molecule has 230 valence electrons. The number of carboxylic acids is 2. The molecule has 0 unspecified atom stereocenters. The molecule has 0 aromatic heterocycles. The second-order valence-corrected chi connectivity index (χ2v) is 8.49. The molecule has 0 heterocycles. The van der Waals surface area contributed by atoms with Crippen LogP contribution >= 0.6 is 0 Å². The van der Waals surface area contributed by atoms with Crippen LogP contribution in [0, 0.1) is 0 Å². The summed E-state index contributed by atoms with van der Waals surface area (Å²) in [5.74, 6) is -1.35. The van der Waals surface area contributed by atoms with Crippen LogP contribution in [0.15, 0.2) is 90.1 Å². The van der Waals surface area contributed by atoms with E-state index in [1.165, 1.54) is 56.8 Å². The van der Waals surface area contributed by atoms with Gasteiger partial charge >= 0.3 is 11.9 Å². The lowest BCUT2D eigenvalue weighted by Crippen LogP contribution is -2.00. The number of aromatic hydroxyl groups is 2. The van der Waals surface area contributed by atoms with Crippen molar-refractivity contribution in [2.24, 2.45) is 10.9 Å². The van der Waals surface area contributed by atoms with Gasteiger partial charge in [-0.15, -0.1) is 0 Å². The Labute approximate surface area is 253 Å². The molecule has 0 spiro atoms. The maximum Gasteiger partial charge on any atom is 0.335 e. The Bertz CT molecular complexity index is 1550. The molecular weight excluding hydrogens is 572 g/mol. The number of carbonyl (C=O) groups is 3. The summed E-state index contributed by atoms with van der Waals surface area (Å²) >= 11 is 0. The van der Waals surface area contributed by atoms with Crippen molar-refractivity contribution in [3.8, 4) is 23.0 Å². The molecular formula is C32H32N2O10. The highest BCUT2D eigenvalue weighted by Crippen LogP contribution is 2.27. The van der Waals surface area contributed by atoms with Gasteiger partial charge in [-0.05, 0) is 66.7 Å². The Morgan fingerprint density at radius 1 is 0.705 bits per heavy atom. The van der Waals surface area contributed by atoms with Crippen LogP contribution in [0.25, 0.3) is 0 Å². The first-order valence-corrected chi connectivity index (χ1v) is 12.9. The van der Waals surface area contributed by atoms with E-state index in [2.05, 4.69) is 15.7 Å². The SMILES string of the molecule is CN.CO/N=C/c1c(O)cccc1OCc1ccc(C(=O)O)cc1.O=Cc1c(O)cccc1OCc1ccc(C(=O)O)cc1. The van der Waals surface area contributed by atoms with Crippen molar-refractivity contribution in [1.29, 1.82) is 0 Å². The van der Waals surface area contributed by atoms with E-state index in [-0.39, 0.29) is 47.2 Å². The molecule has 12 heteroatoms. The van der Waals surface area contributed by atoms with Crippen molar-refractivity contribution in [3.05, 3.63) is 118 Å². The third-order valence-electron chi connectivity index (χ3n) is 5.68. The van der Waals surface area contributed by atoms with Crippen LogP contribution in [0.5, 0.6) is 23.0 Å². The van der Waals surface area contributed by atoms with E-state index in [4.69, 9.17) is 19.7 Å². The predicted octanol–water partition coefficient (Wildman–Crippen LogP) is 4.71. The Morgan fingerprint density at radius 2 is 1.11 bits per heavy atom. The highest BCUT2D eigenvalue weighted by molar-refractivity contribution is 5.88. The number of phenols is 2. The largest absolute Gasteiger partial charge is 0.507 e. The first-order valence-electron chi connectivity index (χ1n) is 12.9. The van der Waals surface area contributed by atoms with Gasteiger partial charge < -0.3 is 40.5 Å². The first kappa shape index (κ1) is 34.3. The van der Waals surface area contributed by atoms with Gasteiger partial charge in [0, 0.05) is 0 Å². The zero-order chi connectivity index (χ0) is 32.5. The molecule has 0 atom stereocenters. The van der Waals surface area contributed by atoms with Gasteiger partial charge in [-0.25, -0.2) is 9.59 Å². The number of carboxylic acid groups (broad SMARTS) is 2. The number of nitrogens with zero attached hydrogens (tertiary/aromatic N) is 1. The molecule has 0 saturated carbocycles. The number of hydrogen-bond donors (Lipinski definition) is 5. The maximum atomic E-state index is 10.9. The van der Waals surface area contributed by atoms with Crippen molar-refractivity contribution in [2.75, 3.05) is 14.2 Å². The van der Waals surface area contributed by atoms with E-state index in [0.29, 0.717) is 17.6 Å². The molecule has 0 bridgehead atoms. The molecule has 0 aliphatic rings. The van der Waals surface area contributed by atoms with Crippen LogP contribution in [0.4, 0.5) is 0 Å². The Balaban J connectivity index is 0.000000292. The van der Waals surface area contributed by atoms with Crippen molar-refractivity contribution >= 4 is 24.4 Å². The summed E-state index contributed by atoms with van der Waals surface area (Å²) in [6.07, 6.45) is 1.89. The topological polar surface area (TPSA) is 198 Å². The molecule has 44 heavy (non-hydrogen) atoms. The zero-order valence-corrected chi connectivity index (χ0v) is 23.9. The number of oxime groups is 1. The lowest BCUT2D eigenvalue weighted by Gasteiger charge is -2.10. The standard InChI is InChI=1S/C16H15NO5.C15H12O5.CH5N/c1-21-17-9-13-14(18)3-2-4-15(13)22-10-11-5-7-12(8-6-11)16(19)20;16-8-12-13(17)2-1-3-14(12)20-9-10-4-6-11(7-5-10)15(18)19;1-2/h2-9,18H,10H2,1H3,(H,19,20);1-8,17H,9H2,(H,18,19);2H2,1H3/b17-9+;;. The number of rotatable bonds is 11. The quantitative estimate of drug-likeness (QED) is 0.0903. The van der Waals surface area contributed by atoms with Gasteiger partial charge in [0.1, 0.15) is 43.3 Å². The van der Waals surface area contributed by atoms with Crippen LogP contribution in [-0.4, -0.2) is 59.0 Å². The van der Waals surface area contributed by atoms with Crippen molar-refractivity contribution in [3.63, 3.8) is 0 Å². The van der Waals surface area contributed by atoms with Crippen LogP contribution in [0.1, 0.15) is 47.8 Å². The molecule has 0 aliphatic heterocycles. The highest BCUT2D eigenvalue weighted by atomic mass is 16.6. The molecule has 12 nitrogen and oxygen atoms in total. The van der Waals surface area contributed by atoms with Crippen molar-refractivity contribution in [1.82, 2.24) is 0 Å². The van der Waals surface area contributed by atoms with E-state index in [1.54, 1.807) is 48.5 Å². The number of ether oxygens (including phenoxy) is 2. The minimum Gasteiger partial charge on any atom is -0.507 e. The molecule has 6 N–H and O–H groups in total. The number of benzene rings is 4. The Kier molecular flexibility index (Phi) is 13.9. The van der Waals surface area contributed by atoms with E-state index < -0.39 is 11.9 Å². The van der Waals surface area contributed by atoms with Crippen molar-refractivity contribution < 1.29 is 49.1 Å². The van der Waals surface area contributed by atoms with E-state index >= 15 is 0 Å². The molecule has 0 radical (unpaired) electrons. The summed E-state index contributed by atoms with van der Waals surface area (Å²) in [4.78, 5) is 37.0. The molecule has 0 amide bonds. The molecule has 4 aromatic carbocycles. The lowest BCUT2D eigenvalue weighted by molar-refractivity contribution is 0.0686. The maximum absolute atomic E-state index is 10.9. The average molecular weight is 605 g/mol. The number of hydrogen-bond acceptors (Lipinski definition) is 10.